The summed E-state index contributed by atoms with van der Waals surface area (Å²) in [5.74, 6) is 0.530. The van der Waals surface area contributed by atoms with E-state index in [1.165, 1.54) is 0 Å². The van der Waals surface area contributed by atoms with Gasteiger partial charge in [0.2, 0.25) is 0 Å². The highest BCUT2D eigenvalue weighted by Crippen LogP contribution is 2.29. The number of benzene rings is 2. The molecule has 0 aliphatic heterocycles. The van der Waals surface area contributed by atoms with Gasteiger partial charge in [0.15, 0.2) is 0 Å². The summed E-state index contributed by atoms with van der Waals surface area (Å²) in [4.78, 5) is 17.4. The molecule has 26 heavy (non-hydrogen) atoms. The van der Waals surface area contributed by atoms with Gasteiger partial charge in [-0.2, -0.15) is 0 Å². The third-order valence-corrected chi connectivity index (χ3v) is 4.22. The highest BCUT2D eigenvalue weighted by atomic mass is 16.7. The van der Waals surface area contributed by atoms with E-state index < -0.39 is 6.16 Å². The zero-order valence-electron chi connectivity index (χ0n) is 15.2. The predicted molar refractivity (Wildman–Crippen MR) is 103 cm³/mol. The van der Waals surface area contributed by atoms with E-state index in [0.717, 1.165) is 35.0 Å². The summed E-state index contributed by atoms with van der Waals surface area (Å²) in [6, 6.07) is 15.5. The fourth-order valence-corrected chi connectivity index (χ4v) is 2.86. The van der Waals surface area contributed by atoms with E-state index in [2.05, 4.69) is 9.88 Å². The van der Waals surface area contributed by atoms with Crippen molar-refractivity contribution in [1.82, 2.24) is 9.88 Å². The molecule has 0 atom stereocenters. The van der Waals surface area contributed by atoms with E-state index in [1.807, 2.05) is 62.8 Å². The zero-order valence-corrected chi connectivity index (χ0v) is 15.2. The minimum absolute atomic E-state index is 0.291. The molecule has 0 aliphatic carbocycles. The van der Waals surface area contributed by atoms with Gasteiger partial charge < -0.3 is 19.4 Å². The minimum atomic E-state index is -0.673. The molecule has 0 spiro atoms. The van der Waals surface area contributed by atoms with Gasteiger partial charge in [0.25, 0.3) is 0 Å². The van der Waals surface area contributed by atoms with Crippen molar-refractivity contribution in [2.45, 2.75) is 12.8 Å². The lowest BCUT2D eigenvalue weighted by Crippen LogP contribution is -2.15. The summed E-state index contributed by atoms with van der Waals surface area (Å²) in [7, 11) is 4.08. The first-order valence-electron chi connectivity index (χ1n) is 8.75. The van der Waals surface area contributed by atoms with Crippen LogP contribution >= 0.6 is 0 Å². The van der Waals surface area contributed by atoms with Gasteiger partial charge in [-0.25, -0.2) is 4.79 Å². The molecule has 1 N–H and O–H groups in total. The number of carbonyl (C=O) groups excluding carboxylic acids is 1. The molecule has 5 nitrogen and oxygen atoms in total. The number of aromatic amines is 1. The monoisotopic (exact) mass is 352 g/mol. The van der Waals surface area contributed by atoms with Crippen molar-refractivity contribution in [1.29, 1.82) is 0 Å². The van der Waals surface area contributed by atoms with Crippen LogP contribution in [0.4, 0.5) is 4.79 Å². The number of carbonyl (C=O) groups is 1. The van der Waals surface area contributed by atoms with Gasteiger partial charge in [-0.3, -0.25) is 0 Å². The molecule has 5 heteroatoms. The van der Waals surface area contributed by atoms with Crippen LogP contribution in [0.2, 0.25) is 0 Å². The molecule has 3 rings (SSSR count). The molecule has 0 radical (unpaired) electrons. The largest absolute Gasteiger partial charge is 0.513 e. The van der Waals surface area contributed by atoms with E-state index >= 15 is 0 Å². The van der Waals surface area contributed by atoms with E-state index in [1.54, 1.807) is 6.07 Å². The van der Waals surface area contributed by atoms with Crippen molar-refractivity contribution in [2.24, 2.45) is 0 Å². The van der Waals surface area contributed by atoms with Crippen LogP contribution in [0.1, 0.15) is 11.1 Å². The van der Waals surface area contributed by atoms with Crippen LogP contribution in [0.25, 0.3) is 10.9 Å². The lowest BCUT2D eigenvalue weighted by molar-refractivity contribution is 0.101. The normalized spacial score (nSPS) is 11.0. The molecule has 0 amide bonds. The molecule has 136 valence electrons. The lowest BCUT2D eigenvalue weighted by atomic mass is 10.1. The highest BCUT2D eigenvalue weighted by Gasteiger charge is 2.14. The number of fused-ring (bicyclic) bond motifs is 1. The topological polar surface area (TPSA) is 54.6 Å². The molecular formula is C21H24N2O3. The van der Waals surface area contributed by atoms with Crippen LogP contribution in [0.5, 0.6) is 5.75 Å². The zero-order chi connectivity index (χ0) is 18.4. The first kappa shape index (κ1) is 18.0. The molecular weight excluding hydrogens is 328 g/mol. The molecule has 0 bridgehead atoms. The fraction of sp³-hybridized carbons (Fsp3) is 0.286. The number of ether oxygens (including phenoxy) is 2. The molecule has 2 aromatic carbocycles. The van der Waals surface area contributed by atoms with Crippen molar-refractivity contribution in [3.05, 3.63) is 65.9 Å². The number of nitrogens with zero attached hydrogens (tertiary/aromatic N) is 1. The van der Waals surface area contributed by atoms with Crippen LogP contribution < -0.4 is 4.74 Å². The lowest BCUT2D eigenvalue weighted by Gasteiger charge is -2.10. The van der Waals surface area contributed by atoms with Gasteiger partial charge in [0.05, 0.1) is 6.61 Å². The maximum atomic E-state index is 12.1. The van der Waals surface area contributed by atoms with Gasteiger partial charge >= 0.3 is 6.16 Å². The number of hydrogen-bond donors (Lipinski definition) is 1. The Balaban J connectivity index is 1.64. The molecule has 1 aromatic heterocycles. The molecule has 0 aliphatic rings. The molecule has 1 heterocycles. The Hall–Kier alpha value is -2.79. The quantitative estimate of drug-likeness (QED) is 0.515. The SMILES string of the molecule is CN(C)CCc1c[nH]c2cccc(OC(=O)OCCc3ccccc3)c12. The van der Waals surface area contributed by atoms with Crippen molar-refractivity contribution < 1.29 is 14.3 Å². The van der Waals surface area contributed by atoms with Gasteiger partial charge in [0.1, 0.15) is 5.75 Å². The number of aromatic nitrogens is 1. The van der Waals surface area contributed by atoms with E-state index in [9.17, 15) is 4.79 Å². The summed E-state index contributed by atoms with van der Waals surface area (Å²) >= 11 is 0. The van der Waals surface area contributed by atoms with Crippen LogP contribution in [0.15, 0.2) is 54.7 Å². The van der Waals surface area contributed by atoms with E-state index in [4.69, 9.17) is 9.47 Å². The summed E-state index contributed by atoms with van der Waals surface area (Å²) < 4.78 is 10.7. The van der Waals surface area contributed by atoms with E-state index in [-0.39, 0.29) is 0 Å². The minimum Gasteiger partial charge on any atom is -0.434 e. The Morgan fingerprint density at radius 3 is 2.62 bits per heavy atom. The second kappa shape index (κ2) is 8.54. The molecule has 0 fully saturated rings. The Labute approximate surface area is 153 Å². The van der Waals surface area contributed by atoms with E-state index in [0.29, 0.717) is 18.8 Å². The van der Waals surface area contributed by atoms with Crippen LogP contribution in [0.3, 0.4) is 0 Å². The van der Waals surface area contributed by atoms with Crippen molar-refractivity contribution in [2.75, 3.05) is 27.2 Å². The second-order valence-electron chi connectivity index (χ2n) is 6.48. The maximum Gasteiger partial charge on any atom is 0.513 e. The Bertz CT molecular complexity index is 856. The summed E-state index contributed by atoms with van der Waals surface area (Å²) in [5, 5.41) is 0.939. The third-order valence-electron chi connectivity index (χ3n) is 4.22. The van der Waals surface area contributed by atoms with Gasteiger partial charge in [-0.15, -0.1) is 0 Å². The van der Waals surface area contributed by atoms with Crippen molar-refractivity contribution >= 4 is 17.1 Å². The first-order valence-corrected chi connectivity index (χ1v) is 8.75. The van der Waals surface area contributed by atoms with Gasteiger partial charge in [0, 0.05) is 30.1 Å². The summed E-state index contributed by atoms with van der Waals surface area (Å²) in [5.41, 5.74) is 3.20. The van der Waals surface area contributed by atoms with Crippen LogP contribution in [0, 0.1) is 0 Å². The number of H-pyrrole nitrogens is 1. The van der Waals surface area contributed by atoms with Crippen molar-refractivity contribution in [3.8, 4) is 5.75 Å². The molecule has 3 aromatic rings. The second-order valence-corrected chi connectivity index (χ2v) is 6.48. The van der Waals surface area contributed by atoms with Gasteiger partial charge in [-0.05, 0) is 43.8 Å². The third kappa shape index (κ3) is 4.64. The molecule has 0 saturated carbocycles. The summed E-state index contributed by atoms with van der Waals surface area (Å²) in [6.07, 6.45) is 2.84. The number of hydrogen-bond acceptors (Lipinski definition) is 4. The van der Waals surface area contributed by atoms with Gasteiger partial charge in [-0.1, -0.05) is 36.4 Å². The fourth-order valence-electron chi connectivity index (χ4n) is 2.86. The van der Waals surface area contributed by atoms with Crippen molar-refractivity contribution in [3.63, 3.8) is 0 Å². The maximum absolute atomic E-state index is 12.1. The first-order chi connectivity index (χ1) is 12.6. The van der Waals surface area contributed by atoms with Crippen LogP contribution in [-0.2, 0) is 17.6 Å². The smallest absolute Gasteiger partial charge is 0.434 e. The molecule has 0 saturated heterocycles. The standard InChI is InChI=1S/C21H24N2O3/c1-23(2)13-11-17-15-22-18-9-6-10-19(20(17)18)26-21(24)25-14-12-16-7-4-3-5-8-16/h3-10,15,22H,11-14H2,1-2H3. The number of nitrogens with one attached hydrogen (secondary N) is 1. The molecule has 0 unspecified atom stereocenters. The highest BCUT2D eigenvalue weighted by molar-refractivity contribution is 5.90. The summed E-state index contributed by atoms with van der Waals surface area (Å²) in [6.45, 7) is 1.21. The van der Waals surface area contributed by atoms with Crippen LogP contribution in [-0.4, -0.2) is 43.3 Å². The Kier molecular flexibility index (Phi) is 5.92. The average molecular weight is 352 g/mol. The number of likely N-dealkylation sites (N-methyl/N-ethyl adjacent to an activating group) is 1. The number of rotatable bonds is 7. The average Bonchev–Trinajstić information content (AvgIpc) is 3.05. The predicted octanol–water partition coefficient (Wildman–Crippen LogP) is 4.03. The Morgan fingerprint density at radius 1 is 1.04 bits per heavy atom. The Morgan fingerprint density at radius 2 is 1.85 bits per heavy atom.